The highest BCUT2D eigenvalue weighted by Crippen LogP contribution is 2.36. The third kappa shape index (κ3) is 4.08. The van der Waals surface area contributed by atoms with Crippen LogP contribution < -0.4 is 20.3 Å². The van der Waals surface area contributed by atoms with Gasteiger partial charge in [0.1, 0.15) is 5.75 Å². The minimum atomic E-state index is -0.735. The highest BCUT2D eigenvalue weighted by atomic mass is 16.5. The van der Waals surface area contributed by atoms with Crippen molar-refractivity contribution in [3.05, 3.63) is 53.1 Å². The van der Waals surface area contributed by atoms with Gasteiger partial charge in [0.15, 0.2) is 0 Å². The first-order valence-corrected chi connectivity index (χ1v) is 10.5. The number of hydrogen-bond acceptors (Lipinski definition) is 5. The Labute approximate surface area is 176 Å². The van der Waals surface area contributed by atoms with Gasteiger partial charge in [-0.3, -0.25) is 0 Å². The van der Waals surface area contributed by atoms with Gasteiger partial charge in [0.05, 0.1) is 31.5 Å². The lowest BCUT2D eigenvalue weighted by atomic mass is 10.1. The maximum atomic E-state index is 12.8. The maximum absolute atomic E-state index is 12.8. The molecule has 30 heavy (non-hydrogen) atoms. The van der Waals surface area contributed by atoms with E-state index in [9.17, 15) is 15.0 Å². The second kappa shape index (κ2) is 8.93. The molecule has 0 radical (unpaired) electrons. The monoisotopic (exact) mass is 411 g/mol. The standard InChI is InChI=1S/C23H29N3O4/c1-30-22-16(14-27)11-17(26-9-5-2-6-10-26)13-20(22)25-23(29)24-19-12-15-7-3-4-8-18(15)21(19)28/h3-4,7-8,11,13,19,21,27-28H,2,5-6,9-10,12,14H2,1H3,(H2,24,25,29)/t19-,21?/m1/s1. The van der Waals surface area contributed by atoms with Crippen LogP contribution in [0.5, 0.6) is 5.75 Å². The van der Waals surface area contributed by atoms with Crippen LogP contribution in [0.4, 0.5) is 16.2 Å². The maximum Gasteiger partial charge on any atom is 0.319 e. The first kappa shape index (κ1) is 20.5. The summed E-state index contributed by atoms with van der Waals surface area (Å²) in [6.45, 7) is 1.72. The molecule has 4 rings (SSSR count). The Morgan fingerprint density at radius 2 is 1.97 bits per heavy atom. The quantitative estimate of drug-likeness (QED) is 0.607. The zero-order chi connectivity index (χ0) is 21.1. The van der Waals surface area contributed by atoms with E-state index in [1.165, 1.54) is 13.5 Å². The van der Waals surface area contributed by atoms with E-state index in [0.717, 1.165) is 42.7 Å². The Bertz CT molecular complexity index is 911. The predicted octanol–water partition coefficient (Wildman–Crippen LogP) is 2.96. The summed E-state index contributed by atoms with van der Waals surface area (Å²) in [5.41, 5.74) is 4.00. The van der Waals surface area contributed by atoms with Gasteiger partial charge in [0, 0.05) is 24.3 Å². The number of anilines is 2. The van der Waals surface area contributed by atoms with Crippen molar-refractivity contribution < 1.29 is 19.7 Å². The normalized spacial score (nSPS) is 20.6. The van der Waals surface area contributed by atoms with E-state index in [1.807, 2.05) is 36.4 Å². The third-order valence-electron chi connectivity index (χ3n) is 6.01. The first-order chi connectivity index (χ1) is 14.6. The van der Waals surface area contributed by atoms with Crippen molar-refractivity contribution in [2.75, 3.05) is 30.4 Å². The highest BCUT2D eigenvalue weighted by Gasteiger charge is 2.32. The number of aliphatic hydroxyl groups excluding tert-OH is 2. The summed E-state index contributed by atoms with van der Waals surface area (Å²) in [4.78, 5) is 15.0. The molecule has 1 fully saturated rings. The Kier molecular flexibility index (Phi) is 6.11. The lowest BCUT2D eigenvalue weighted by Crippen LogP contribution is -2.40. The molecule has 7 heteroatoms. The number of piperidine rings is 1. The summed E-state index contributed by atoms with van der Waals surface area (Å²) >= 11 is 0. The number of methoxy groups -OCH3 is 1. The first-order valence-electron chi connectivity index (χ1n) is 10.5. The summed E-state index contributed by atoms with van der Waals surface area (Å²) in [7, 11) is 1.52. The minimum absolute atomic E-state index is 0.183. The number of rotatable bonds is 5. The number of fused-ring (bicyclic) bond motifs is 1. The second-order valence-electron chi connectivity index (χ2n) is 7.94. The van der Waals surface area contributed by atoms with Crippen molar-refractivity contribution >= 4 is 17.4 Å². The van der Waals surface area contributed by atoms with Crippen LogP contribution in [0.1, 0.15) is 42.1 Å². The molecule has 2 aliphatic rings. The number of ether oxygens (including phenoxy) is 1. The summed E-state index contributed by atoms with van der Waals surface area (Å²) in [5, 5.41) is 26.1. The van der Waals surface area contributed by atoms with Gasteiger partial charge in [-0.15, -0.1) is 0 Å². The lowest BCUT2D eigenvalue weighted by Gasteiger charge is -2.30. The van der Waals surface area contributed by atoms with Crippen LogP contribution in [0.15, 0.2) is 36.4 Å². The Hall–Kier alpha value is -2.77. The van der Waals surface area contributed by atoms with Crippen LogP contribution >= 0.6 is 0 Å². The van der Waals surface area contributed by atoms with Gasteiger partial charge >= 0.3 is 6.03 Å². The molecular formula is C23H29N3O4. The van der Waals surface area contributed by atoms with Gasteiger partial charge in [-0.25, -0.2) is 4.79 Å². The minimum Gasteiger partial charge on any atom is -0.494 e. The van der Waals surface area contributed by atoms with E-state index in [1.54, 1.807) is 0 Å². The van der Waals surface area contributed by atoms with E-state index < -0.39 is 18.2 Å². The molecule has 0 aromatic heterocycles. The fourth-order valence-corrected chi connectivity index (χ4v) is 4.49. The molecule has 1 aliphatic heterocycles. The third-order valence-corrected chi connectivity index (χ3v) is 6.01. The number of benzene rings is 2. The van der Waals surface area contributed by atoms with Gasteiger partial charge in [0.2, 0.25) is 0 Å². The molecule has 1 heterocycles. The van der Waals surface area contributed by atoms with Gasteiger partial charge in [0.25, 0.3) is 0 Å². The van der Waals surface area contributed by atoms with Crippen LogP contribution in [0, 0.1) is 0 Å². The molecule has 1 aliphatic carbocycles. The summed E-state index contributed by atoms with van der Waals surface area (Å²) in [6, 6.07) is 10.7. The largest absolute Gasteiger partial charge is 0.494 e. The number of aliphatic hydroxyl groups is 2. The number of carbonyl (C=O) groups excluding carboxylic acids is 1. The van der Waals surface area contributed by atoms with Crippen LogP contribution in [0.3, 0.4) is 0 Å². The van der Waals surface area contributed by atoms with Crippen LogP contribution in [0.25, 0.3) is 0 Å². The molecule has 0 bridgehead atoms. The summed E-state index contributed by atoms with van der Waals surface area (Å²) < 4.78 is 5.48. The Morgan fingerprint density at radius 1 is 1.20 bits per heavy atom. The predicted molar refractivity (Wildman–Crippen MR) is 116 cm³/mol. The molecule has 1 saturated heterocycles. The number of urea groups is 1. The van der Waals surface area contributed by atoms with Crippen molar-refractivity contribution in [1.29, 1.82) is 0 Å². The van der Waals surface area contributed by atoms with Crippen LogP contribution in [-0.4, -0.2) is 42.5 Å². The summed E-state index contributed by atoms with van der Waals surface area (Å²) in [5.74, 6) is 0.448. The zero-order valence-corrected chi connectivity index (χ0v) is 17.2. The van der Waals surface area contributed by atoms with Crippen molar-refractivity contribution in [3.8, 4) is 5.75 Å². The average molecular weight is 412 g/mol. The second-order valence-corrected chi connectivity index (χ2v) is 7.94. The fraction of sp³-hybridized carbons (Fsp3) is 0.435. The molecule has 1 unspecified atom stereocenters. The fourth-order valence-electron chi connectivity index (χ4n) is 4.49. The average Bonchev–Trinajstić information content (AvgIpc) is 3.09. The van der Waals surface area contributed by atoms with Crippen molar-refractivity contribution in [3.63, 3.8) is 0 Å². The number of hydrogen-bond donors (Lipinski definition) is 4. The SMILES string of the molecule is COc1c(CO)cc(N2CCCCC2)cc1NC(=O)N[C@@H]1Cc2ccccc2C1O. The molecule has 2 aromatic carbocycles. The van der Waals surface area contributed by atoms with E-state index in [-0.39, 0.29) is 6.61 Å². The van der Waals surface area contributed by atoms with E-state index in [2.05, 4.69) is 15.5 Å². The van der Waals surface area contributed by atoms with Crippen LogP contribution in [0.2, 0.25) is 0 Å². The lowest BCUT2D eigenvalue weighted by molar-refractivity contribution is 0.145. The molecule has 7 nitrogen and oxygen atoms in total. The van der Waals surface area contributed by atoms with E-state index in [4.69, 9.17) is 4.74 Å². The highest BCUT2D eigenvalue weighted by molar-refractivity contribution is 5.92. The van der Waals surface area contributed by atoms with E-state index in [0.29, 0.717) is 23.4 Å². The van der Waals surface area contributed by atoms with Gasteiger partial charge < -0.3 is 30.5 Å². The van der Waals surface area contributed by atoms with Crippen LogP contribution in [-0.2, 0) is 13.0 Å². The summed E-state index contributed by atoms with van der Waals surface area (Å²) in [6.07, 6.45) is 3.33. The smallest absolute Gasteiger partial charge is 0.319 e. The topological polar surface area (TPSA) is 94.1 Å². The Morgan fingerprint density at radius 3 is 2.67 bits per heavy atom. The van der Waals surface area contributed by atoms with Crippen molar-refractivity contribution in [2.45, 2.75) is 44.4 Å². The van der Waals surface area contributed by atoms with Gasteiger partial charge in [-0.2, -0.15) is 0 Å². The molecule has 160 valence electrons. The molecule has 0 spiro atoms. The molecule has 2 atom stereocenters. The number of nitrogens with zero attached hydrogens (tertiary/aromatic N) is 1. The molecule has 4 N–H and O–H groups in total. The number of carbonyl (C=O) groups is 1. The van der Waals surface area contributed by atoms with Crippen molar-refractivity contribution in [2.24, 2.45) is 0 Å². The molecule has 0 saturated carbocycles. The molecule has 2 aromatic rings. The van der Waals surface area contributed by atoms with Crippen molar-refractivity contribution in [1.82, 2.24) is 5.32 Å². The molecule has 2 amide bonds. The van der Waals surface area contributed by atoms with E-state index >= 15 is 0 Å². The Balaban J connectivity index is 1.52. The number of amides is 2. The number of nitrogens with one attached hydrogen (secondary N) is 2. The molecular weight excluding hydrogens is 382 g/mol. The zero-order valence-electron chi connectivity index (χ0n) is 17.2. The van der Waals surface area contributed by atoms with Gasteiger partial charge in [-0.05, 0) is 48.9 Å². The van der Waals surface area contributed by atoms with Gasteiger partial charge in [-0.1, -0.05) is 24.3 Å².